The van der Waals surface area contributed by atoms with E-state index in [2.05, 4.69) is 21.3 Å². The molecule has 0 bridgehead atoms. The number of aliphatic hydroxyl groups excluding tert-OH is 1. The summed E-state index contributed by atoms with van der Waals surface area (Å²) in [6.45, 7) is -0.100. The van der Waals surface area contributed by atoms with Gasteiger partial charge in [-0.15, -0.1) is 0 Å². The van der Waals surface area contributed by atoms with Crippen LogP contribution in [-0.4, -0.2) is 39.0 Å². The number of benzene rings is 1. The number of ether oxygens (including phenoxy) is 1. The fraction of sp³-hybridized carbons (Fsp3) is 0.308. The quantitative estimate of drug-likeness (QED) is 0.620. The predicted octanol–water partition coefficient (Wildman–Crippen LogP) is 0.989. The van der Waals surface area contributed by atoms with Crippen molar-refractivity contribution >= 4 is 33.3 Å². The van der Waals surface area contributed by atoms with E-state index < -0.39 is 21.7 Å². The summed E-state index contributed by atoms with van der Waals surface area (Å²) >= 11 is 5.84. The van der Waals surface area contributed by atoms with E-state index in [-0.39, 0.29) is 18.7 Å². The van der Waals surface area contributed by atoms with Crippen LogP contribution in [0, 0.1) is 11.8 Å². The molecule has 0 fully saturated rings. The lowest BCUT2D eigenvalue weighted by atomic mass is 10.2. The molecule has 1 rings (SSSR count). The molecular formula is C13H14ClNO5S. The third kappa shape index (κ3) is 6.04. The largest absolute Gasteiger partial charge is 0.468 e. The first kappa shape index (κ1) is 17.3. The molecule has 8 heteroatoms. The monoisotopic (exact) mass is 331 g/mol. The van der Waals surface area contributed by atoms with Crippen molar-refractivity contribution in [3.05, 3.63) is 28.8 Å². The lowest BCUT2D eigenvalue weighted by molar-refractivity contribution is -0.137. The first-order valence-electron chi connectivity index (χ1n) is 5.84. The van der Waals surface area contributed by atoms with Gasteiger partial charge in [-0.2, -0.15) is 0 Å². The minimum atomic E-state index is -3.90. The molecule has 0 saturated carbocycles. The molecule has 6 nitrogen and oxygen atoms in total. The van der Waals surface area contributed by atoms with Gasteiger partial charge in [0.2, 0.25) is 10.0 Å². The number of hydrogen-bond donors (Lipinski definition) is 2. The van der Waals surface area contributed by atoms with E-state index in [9.17, 15) is 13.2 Å². The molecule has 0 aromatic heterocycles. The van der Waals surface area contributed by atoms with Crippen LogP contribution in [0.3, 0.4) is 0 Å². The van der Waals surface area contributed by atoms with E-state index in [1.165, 1.54) is 18.2 Å². The number of hydrogen-bond acceptors (Lipinski definition) is 5. The zero-order chi connectivity index (χ0) is 15.9. The Labute approximate surface area is 128 Å². The van der Waals surface area contributed by atoms with Crippen molar-refractivity contribution in [1.82, 2.24) is 0 Å². The van der Waals surface area contributed by atoms with Gasteiger partial charge in [0.1, 0.15) is 0 Å². The number of carbonyl (C=O) groups is 1. The Morgan fingerprint density at radius 2 is 2.19 bits per heavy atom. The highest BCUT2D eigenvalue weighted by atomic mass is 35.5. The Kier molecular flexibility index (Phi) is 6.49. The van der Waals surface area contributed by atoms with Crippen molar-refractivity contribution < 1.29 is 23.1 Å². The van der Waals surface area contributed by atoms with Crippen LogP contribution in [0.4, 0.5) is 5.69 Å². The third-order valence-corrected chi connectivity index (χ3v) is 3.62. The Hall–Kier alpha value is -1.75. The second-order valence-corrected chi connectivity index (χ2v) is 6.06. The van der Waals surface area contributed by atoms with Crippen molar-refractivity contribution in [2.45, 2.75) is 6.42 Å². The van der Waals surface area contributed by atoms with Gasteiger partial charge in [0, 0.05) is 11.4 Å². The topological polar surface area (TPSA) is 92.7 Å². The molecule has 0 spiro atoms. The predicted molar refractivity (Wildman–Crippen MR) is 79.5 cm³/mol. The summed E-state index contributed by atoms with van der Waals surface area (Å²) in [6.07, 6.45) is 0.251. The van der Waals surface area contributed by atoms with Gasteiger partial charge in [-0.25, -0.2) is 8.42 Å². The molecular weight excluding hydrogens is 318 g/mol. The van der Waals surface area contributed by atoms with Gasteiger partial charge in [-0.3, -0.25) is 9.52 Å². The molecule has 0 radical (unpaired) electrons. The molecule has 0 aliphatic carbocycles. The molecule has 0 aliphatic heterocycles. The SMILES string of the molecule is COC(=O)CS(=O)(=O)Nc1ccc(Cl)cc1C#CCCO. The van der Waals surface area contributed by atoms with Crippen LogP contribution in [0.15, 0.2) is 18.2 Å². The van der Waals surface area contributed by atoms with Gasteiger partial charge in [0.05, 0.1) is 25.0 Å². The second-order valence-electron chi connectivity index (χ2n) is 3.90. The van der Waals surface area contributed by atoms with E-state index >= 15 is 0 Å². The van der Waals surface area contributed by atoms with E-state index in [0.717, 1.165) is 7.11 Å². The van der Waals surface area contributed by atoms with E-state index in [1.54, 1.807) is 0 Å². The standard InChI is InChI=1S/C13H14ClNO5S/c1-20-13(17)9-21(18,19)15-12-6-5-11(14)8-10(12)4-2-3-7-16/h5-6,8,15-16H,3,7,9H2,1H3. The minimum absolute atomic E-state index is 0.100. The van der Waals surface area contributed by atoms with Crippen LogP contribution in [-0.2, 0) is 19.6 Å². The summed E-state index contributed by atoms with van der Waals surface area (Å²) in [5.41, 5.74) is 0.554. The van der Waals surface area contributed by atoms with Crippen LogP contribution in [0.25, 0.3) is 0 Å². The molecule has 0 aliphatic rings. The summed E-state index contributed by atoms with van der Waals surface area (Å²) in [4.78, 5) is 11.0. The maximum absolute atomic E-state index is 11.8. The number of carbonyl (C=O) groups excluding carboxylic acids is 1. The average Bonchev–Trinajstić information content (AvgIpc) is 2.41. The molecule has 21 heavy (non-hydrogen) atoms. The summed E-state index contributed by atoms with van der Waals surface area (Å²) < 4.78 is 30.2. The minimum Gasteiger partial charge on any atom is -0.468 e. The fourth-order valence-electron chi connectivity index (χ4n) is 1.34. The van der Waals surface area contributed by atoms with Crippen LogP contribution < -0.4 is 4.72 Å². The van der Waals surface area contributed by atoms with Crippen molar-refractivity contribution in [2.75, 3.05) is 24.2 Å². The van der Waals surface area contributed by atoms with E-state index in [0.29, 0.717) is 10.6 Å². The number of rotatable bonds is 5. The number of anilines is 1. The Balaban J connectivity index is 3.03. The lowest BCUT2D eigenvalue weighted by Crippen LogP contribution is -2.24. The Morgan fingerprint density at radius 1 is 1.48 bits per heavy atom. The second kappa shape index (κ2) is 7.88. The first-order valence-corrected chi connectivity index (χ1v) is 7.87. The van der Waals surface area contributed by atoms with Crippen molar-refractivity contribution in [1.29, 1.82) is 0 Å². The summed E-state index contributed by atoms with van der Waals surface area (Å²) in [6, 6.07) is 4.43. The molecule has 2 N–H and O–H groups in total. The van der Waals surface area contributed by atoms with Crippen molar-refractivity contribution in [3.8, 4) is 11.8 Å². The maximum Gasteiger partial charge on any atom is 0.322 e. The highest BCUT2D eigenvalue weighted by Gasteiger charge is 2.18. The first-order chi connectivity index (χ1) is 9.88. The highest BCUT2D eigenvalue weighted by molar-refractivity contribution is 7.93. The lowest BCUT2D eigenvalue weighted by Gasteiger charge is -2.09. The van der Waals surface area contributed by atoms with Crippen LogP contribution in [0.2, 0.25) is 5.02 Å². The Morgan fingerprint density at radius 3 is 2.81 bits per heavy atom. The van der Waals surface area contributed by atoms with Gasteiger partial charge in [0.15, 0.2) is 5.75 Å². The molecule has 1 aromatic carbocycles. The fourth-order valence-corrected chi connectivity index (χ4v) is 2.53. The van der Waals surface area contributed by atoms with E-state index in [1.807, 2.05) is 0 Å². The smallest absolute Gasteiger partial charge is 0.322 e. The Bertz CT molecular complexity index is 676. The average molecular weight is 332 g/mol. The van der Waals surface area contributed by atoms with Gasteiger partial charge in [-0.05, 0) is 18.2 Å². The number of esters is 1. The van der Waals surface area contributed by atoms with Crippen LogP contribution in [0.1, 0.15) is 12.0 Å². The molecule has 1 aromatic rings. The zero-order valence-electron chi connectivity index (χ0n) is 11.2. The van der Waals surface area contributed by atoms with Crippen LogP contribution in [0.5, 0.6) is 0 Å². The van der Waals surface area contributed by atoms with Gasteiger partial charge in [0.25, 0.3) is 0 Å². The summed E-state index contributed by atoms with van der Waals surface area (Å²) in [5, 5.41) is 9.08. The number of aliphatic hydroxyl groups is 1. The molecule has 114 valence electrons. The van der Waals surface area contributed by atoms with Gasteiger partial charge < -0.3 is 9.84 Å². The zero-order valence-corrected chi connectivity index (χ0v) is 12.8. The van der Waals surface area contributed by atoms with Gasteiger partial charge in [-0.1, -0.05) is 23.4 Å². The molecule has 0 unspecified atom stereocenters. The molecule has 0 amide bonds. The highest BCUT2D eigenvalue weighted by Crippen LogP contribution is 2.21. The van der Waals surface area contributed by atoms with E-state index in [4.69, 9.17) is 16.7 Å². The molecule has 0 atom stereocenters. The van der Waals surface area contributed by atoms with Crippen LogP contribution >= 0.6 is 11.6 Å². The van der Waals surface area contributed by atoms with Crippen molar-refractivity contribution in [3.63, 3.8) is 0 Å². The number of methoxy groups -OCH3 is 1. The maximum atomic E-state index is 11.8. The summed E-state index contributed by atoms with van der Waals surface area (Å²) in [7, 11) is -2.79. The van der Waals surface area contributed by atoms with Gasteiger partial charge >= 0.3 is 5.97 Å². The summed E-state index contributed by atoms with van der Waals surface area (Å²) in [5.74, 6) is 3.71. The molecule has 0 heterocycles. The number of nitrogens with one attached hydrogen (secondary N) is 1. The van der Waals surface area contributed by atoms with Crippen molar-refractivity contribution in [2.24, 2.45) is 0 Å². The normalized spacial score (nSPS) is 10.4. The third-order valence-electron chi connectivity index (χ3n) is 2.24. The number of halogens is 1. The molecule has 0 saturated heterocycles. The number of sulfonamides is 1.